The van der Waals surface area contributed by atoms with Crippen molar-refractivity contribution in [3.05, 3.63) is 89.1 Å². The third-order valence-electron chi connectivity index (χ3n) is 5.80. The molecule has 8 heteroatoms. The van der Waals surface area contributed by atoms with Gasteiger partial charge in [0.05, 0.1) is 6.54 Å². The first-order valence-electron chi connectivity index (χ1n) is 11.5. The van der Waals surface area contributed by atoms with Gasteiger partial charge in [0.1, 0.15) is 0 Å². The number of unbranched alkanes of at least 4 members (excludes halogenated alkanes) is 1. The predicted octanol–water partition coefficient (Wildman–Crippen LogP) is 4.49. The number of hydrogen-bond donors (Lipinski definition) is 1. The van der Waals surface area contributed by atoms with Crippen LogP contribution in [0.1, 0.15) is 48.7 Å². The molecule has 0 amide bonds. The van der Waals surface area contributed by atoms with E-state index >= 15 is 0 Å². The zero-order valence-electron chi connectivity index (χ0n) is 19.3. The number of hydrogen-bond acceptors (Lipinski definition) is 5. The molecule has 8 nitrogen and oxygen atoms in total. The van der Waals surface area contributed by atoms with Crippen LogP contribution in [0.2, 0.25) is 0 Å². The lowest BCUT2D eigenvalue weighted by atomic mass is 9.98. The van der Waals surface area contributed by atoms with Gasteiger partial charge in [0.25, 0.3) is 0 Å². The van der Waals surface area contributed by atoms with Gasteiger partial charge in [0.15, 0.2) is 0 Å². The summed E-state index contributed by atoms with van der Waals surface area (Å²) < 4.78 is 2.96. The number of carbonyl (C=O) groups is 1. The average Bonchev–Trinajstić information content (AvgIpc) is 3.51. The number of nitrogens with zero attached hydrogens (tertiary/aromatic N) is 5. The maximum atomic E-state index is 13.1. The van der Waals surface area contributed by atoms with Crippen molar-refractivity contribution in [1.82, 2.24) is 29.8 Å². The quantitative estimate of drug-likeness (QED) is 0.355. The topological polar surface area (TPSA) is 98.5 Å². The lowest BCUT2D eigenvalue weighted by Gasteiger charge is -2.10. The Kier molecular flexibility index (Phi) is 7.27. The van der Waals surface area contributed by atoms with E-state index in [2.05, 4.69) is 27.2 Å². The molecule has 0 bridgehead atoms. The minimum Gasteiger partial charge on any atom is -0.292 e. The molecule has 0 saturated heterocycles. The maximum absolute atomic E-state index is 13.1. The van der Waals surface area contributed by atoms with E-state index in [1.807, 2.05) is 61.5 Å². The number of aromatic amines is 1. The molecule has 0 unspecified atom stereocenters. The lowest BCUT2D eigenvalue weighted by Crippen LogP contribution is -2.29. The van der Waals surface area contributed by atoms with Gasteiger partial charge < -0.3 is 0 Å². The van der Waals surface area contributed by atoms with Crippen LogP contribution in [0.15, 0.2) is 72.2 Å². The molecule has 0 atom stereocenters. The molecule has 2 aromatic carbocycles. The van der Waals surface area contributed by atoms with Crippen molar-refractivity contribution < 1.29 is 4.79 Å². The van der Waals surface area contributed by atoms with Crippen LogP contribution in [0.4, 0.5) is 0 Å². The van der Waals surface area contributed by atoms with Gasteiger partial charge in [-0.15, -0.1) is 16.8 Å². The summed E-state index contributed by atoms with van der Waals surface area (Å²) in [4.78, 5) is 25.6. The van der Waals surface area contributed by atoms with Crippen LogP contribution in [0, 0.1) is 0 Å². The molecule has 0 fully saturated rings. The number of imidazole rings is 1. The highest BCUT2D eigenvalue weighted by Gasteiger charge is 2.16. The molecule has 4 aromatic rings. The van der Waals surface area contributed by atoms with Gasteiger partial charge in [-0.3, -0.25) is 9.36 Å². The van der Waals surface area contributed by atoms with Crippen LogP contribution in [0.3, 0.4) is 0 Å². The monoisotopic (exact) mass is 456 g/mol. The average molecular weight is 457 g/mol. The van der Waals surface area contributed by atoms with E-state index < -0.39 is 0 Å². The SMILES string of the molecule is C=CCCc1cn(C(=O)CCCC)c(=O)n1Cc1ccc(-c2ccccc2-c2nn[nH]n2)cc1. The molecule has 1 N–H and O–H groups in total. The molecule has 2 heterocycles. The zero-order valence-corrected chi connectivity index (χ0v) is 19.3. The molecule has 0 saturated carbocycles. The Labute approximate surface area is 198 Å². The standard InChI is InChI=1S/C26H28N6O2/c1-3-5-9-21-18-32(24(33)12-6-4-2)26(34)31(21)17-19-13-15-20(16-14-19)22-10-7-8-11-23(22)25-27-29-30-28-25/h3,7-8,10-11,13-16,18H,1,4-6,9,12,17H2,2H3,(H,27,28,29,30). The van der Waals surface area contributed by atoms with Crippen LogP contribution >= 0.6 is 0 Å². The smallest absolute Gasteiger partial charge is 0.292 e. The first kappa shape index (κ1) is 23.1. The highest BCUT2D eigenvalue weighted by Crippen LogP contribution is 2.29. The van der Waals surface area contributed by atoms with Crippen molar-refractivity contribution in [1.29, 1.82) is 0 Å². The summed E-state index contributed by atoms with van der Waals surface area (Å²) in [6, 6.07) is 15.9. The molecule has 0 aliphatic carbocycles. The van der Waals surface area contributed by atoms with E-state index in [1.54, 1.807) is 10.8 Å². The summed E-state index contributed by atoms with van der Waals surface area (Å²) in [6.45, 7) is 6.21. The Hall–Kier alpha value is -4.07. The van der Waals surface area contributed by atoms with Crippen molar-refractivity contribution in [2.24, 2.45) is 0 Å². The molecule has 0 spiro atoms. The number of nitrogens with one attached hydrogen (secondary N) is 1. The number of carbonyl (C=O) groups excluding carboxylic acids is 1. The summed E-state index contributed by atoms with van der Waals surface area (Å²) >= 11 is 0. The highest BCUT2D eigenvalue weighted by atomic mass is 16.2. The fourth-order valence-corrected chi connectivity index (χ4v) is 3.95. The summed E-state index contributed by atoms with van der Waals surface area (Å²) in [5.74, 6) is 0.381. The fourth-order valence-electron chi connectivity index (χ4n) is 3.95. The van der Waals surface area contributed by atoms with Crippen LogP contribution < -0.4 is 5.69 Å². The Morgan fingerprint density at radius 1 is 1.12 bits per heavy atom. The molecule has 0 aliphatic heterocycles. The van der Waals surface area contributed by atoms with Gasteiger partial charge in [0.2, 0.25) is 11.7 Å². The maximum Gasteiger partial charge on any atom is 0.335 e. The third-order valence-corrected chi connectivity index (χ3v) is 5.80. The van der Waals surface area contributed by atoms with Crippen LogP contribution in [0.25, 0.3) is 22.5 Å². The number of allylic oxidation sites excluding steroid dienone is 1. The second kappa shape index (κ2) is 10.7. The van der Waals surface area contributed by atoms with Gasteiger partial charge in [-0.25, -0.2) is 9.36 Å². The summed E-state index contributed by atoms with van der Waals surface area (Å²) in [5, 5.41) is 14.4. The first-order valence-corrected chi connectivity index (χ1v) is 11.5. The fraction of sp³-hybridized carbons (Fsp3) is 0.269. The second-order valence-electron chi connectivity index (χ2n) is 8.16. The van der Waals surface area contributed by atoms with E-state index in [1.165, 1.54) is 4.57 Å². The van der Waals surface area contributed by atoms with Gasteiger partial charge in [-0.2, -0.15) is 5.21 Å². The van der Waals surface area contributed by atoms with E-state index in [0.29, 0.717) is 25.2 Å². The Morgan fingerprint density at radius 2 is 1.88 bits per heavy atom. The van der Waals surface area contributed by atoms with E-state index in [9.17, 15) is 9.59 Å². The molecule has 0 radical (unpaired) electrons. The van der Waals surface area contributed by atoms with E-state index in [4.69, 9.17) is 0 Å². The Bertz CT molecular complexity index is 1320. The van der Waals surface area contributed by atoms with Crippen molar-refractivity contribution >= 4 is 5.91 Å². The molecule has 34 heavy (non-hydrogen) atoms. The van der Waals surface area contributed by atoms with Crippen molar-refractivity contribution in [2.75, 3.05) is 0 Å². The first-order chi connectivity index (χ1) is 16.6. The minimum atomic E-state index is -0.285. The lowest BCUT2D eigenvalue weighted by molar-refractivity contribution is 0.0894. The summed E-state index contributed by atoms with van der Waals surface area (Å²) in [7, 11) is 0. The minimum absolute atomic E-state index is 0.154. The van der Waals surface area contributed by atoms with Gasteiger partial charge in [0, 0.05) is 23.9 Å². The van der Waals surface area contributed by atoms with Gasteiger partial charge in [-0.1, -0.05) is 68.0 Å². The number of aromatic nitrogens is 6. The van der Waals surface area contributed by atoms with E-state index in [0.717, 1.165) is 47.2 Å². The highest BCUT2D eigenvalue weighted by molar-refractivity contribution is 5.80. The summed E-state index contributed by atoms with van der Waals surface area (Å²) in [5.41, 5.74) is 4.41. The molecule has 174 valence electrons. The molecule has 0 aliphatic rings. The predicted molar refractivity (Wildman–Crippen MR) is 132 cm³/mol. The zero-order chi connectivity index (χ0) is 23.9. The Balaban J connectivity index is 1.62. The van der Waals surface area contributed by atoms with Gasteiger partial charge >= 0.3 is 5.69 Å². The van der Waals surface area contributed by atoms with Crippen LogP contribution in [-0.4, -0.2) is 35.7 Å². The van der Waals surface area contributed by atoms with Crippen molar-refractivity contribution in [3.63, 3.8) is 0 Å². The molecule has 4 rings (SSSR count). The van der Waals surface area contributed by atoms with Crippen LogP contribution in [0.5, 0.6) is 0 Å². The molecule has 2 aromatic heterocycles. The summed E-state index contributed by atoms with van der Waals surface area (Å²) in [6.07, 6.45) is 6.95. The van der Waals surface area contributed by atoms with Crippen molar-refractivity contribution in [2.45, 2.75) is 45.6 Å². The van der Waals surface area contributed by atoms with E-state index in [-0.39, 0.29) is 11.6 Å². The van der Waals surface area contributed by atoms with Gasteiger partial charge in [-0.05, 0) is 41.2 Å². The third kappa shape index (κ3) is 4.96. The number of rotatable bonds is 10. The number of H-pyrrole nitrogens is 1. The second-order valence-corrected chi connectivity index (χ2v) is 8.16. The normalized spacial score (nSPS) is 11.0. The number of aryl methyl sites for hydroxylation is 1. The largest absolute Gasteiger partial charge is 0.335 e. The molecular formula is C26H28N6O2. The Morgan fingerprint density at radius 3 is 2.56 bits per heavy atom. The van der Waals surface area contributed by atoms with Crippen molar-refractivity contribution in [3.8, 4) is 22.5 Å². The number of benzene rings is 2. The van der Waals surface area contributed by atoms with Crippen LogP contribution in [-0.2, 0) is 13.0 Å². The molecular weight excluding hydrogens is 428 g/mol. The number of tetrazole rings is 1.